The van der Waals surface area contributed by atoms with Crippen LogP contribution in [0.15, 0.2) is 53.5 Å². The average molecular weight is 436 g/mol. The first-order chi connectivity index (χ1) is 15.4. The number of carbonyl (C=O) groups excluding carboxylic acids is 2. The second-order valence-corrected chi connectivity index (χ2v) is 8.01. The fraction of sp³-hybridized carbons (Fsp3) is 0.360. The van der Waals surface area contributed by atoms with Crippen LogP contribution in [-0.2, 0) is 14.4 Å². The SMILES string of the molecule is C[C@@H]1N=C(c2ccccc2)c2cc(NC(=O)CCCCCCC(=O)O)ccc2N(C)C1=O. The van der Waals surface area contributed by atoms with Crippen LogP contribution in [0.5, 0.6) is 0 Å². The van der Waals surface area contributed by atoms with E-state index in [4.69, 9.17) is 10.1 Å². The number of benzene rings is 2. The predicted octanol–water partition coefficient (Wildman–Crippen LogP) is 4.25. The van der Waals surface area contributed by atoms with Crippen molar-refractivity contribution in [1.29, 1.82) is 0 Å². The summed E-state index contributed by atoms with van der Waals surface area (Å²) in [5.41, 5.74) is 3.83. The third kappa shape index (κ3) is 5.81. The number of nitrogens with zero attached hydrogens (tertiary/aromatic N) is 2. The number of carboxylic acid groups (broad SMARTS) is 1. The molecule has 2 amide bonds. The second-order valence-electron chi connectivity index (χ2n) is 8.01. The predicted molar refractivity (Wildman–Crippen MR) is 125 cm³/mol. The van der Waals surface area contributed by atoms with Crippen molar-refractivity contribution < 1.29 is 19.5 Å². The topological polar surface area (TPSA) is 99.1 Å². The zero-order valence-corrected chi connectivity index (χ0v) is 18.5. The van der Waals surface area contributed by atoms with Crippen LogP contribution < -0.4 is 10.2 Å². The van der Waals surface area contributed by atoms with Gasteiger partial charge in [0, 0.05) is 36.7 Å². The van der Waals surface area contributed by atoms with Crippen LogP contribution in [0.25, 0.3) is 0 Å². The molecule has 0 spiro atoms. The quantitative estimate of drug-likeness (QED) is 0.575. The lowest BCUT2D eigenvalue weighted by Crippen LogP contribution is -2.33. The molecule has 1 heterocycles. The lowest BCUT2D eigenvalue weighted by molar-refractivity contribution is -0.137. The standard InChI is InChI=1S/C25H29N3O4/c1-17-25(32)28(2)21-15-14-19(27-22(29)12-8-3-4-9-13-23(30)31)16-20(21)24(26-17)18-10-6-5-7-11-18/h5-7,10-11,14-17H,3-4,8-9,12-13H2,1-2H3,(H,27,29)(H,30,31)/t17-/m0/s1. The maximum absolute atomic E-state index is 12.7. The summed E-state index contributed by atoms with van der Waals surface area (Å²) in [5.74, 6) is -0.962. The highest BCUT2D eigenvalue weighted by Crippen LogP contribution is 2.30. The molecule has 0 saturated heterocycles. The third-order valence-corrected chi connectivity index (χ3v) is 5.50. The Morgan fingerprint density at radius 1 is 1.03 bits per heavy atom. The van der Waals surface area contributed by atoms with E-state index >= 15 is 0 Å². The summed E-state index contributed by atoms with van der Waals surface area (Å²) >= 11 is 0. The van der Waals surface area contributed by atoms with Crippen LogP contribution in [0.2, 0.25) is 0 Å². The maximum atomic E-state index is 12.7. The van der Waals surface area contributed by atoms with Crippen molar-refractivity contribution in [3.05, 3.63) is 59.7 Å². The van der Waals surface area contributed by atoms with Gasteiger partial charge in [-0.15, -0.1) is 0 Å². The fourth-order valence-electron chi connectivity index (χ4n) is 3.78. The average Bonchev–Trinajstić information content (AvgIpc) is 2.87. The van der Waals surface area contributed by atoms with Crippen molar-refractivity contribution in [3.8, 4) is 0 Å². The highest BCUT2D eigenvalue weighted by atomic mass is 16.4. The molecule has 168 valence electrons. The van der Waals surface area contributed by atoms with Crippen molar-refractivity contribution in [1.82, 2.24) is 0 Å². The van der Waals surface area contributed by atoms with Gasteiger partial charge in [0.2, 0.25) is 5.91 Å². The van der Waals surface area contributed by atoms with Gasteiger partial charge in [0.15, 0.2) is 0 Å². The van der Waals surface area contributed by atoms with Crippen molar-refractivity contribution in [2.24, 2.45) is 4.99 Å². The van der Waals surface area contributed by atoms with Crippen LogP contribution in [0.1, 0.15) is 56.6 Å². The monoisotopic (exact) mass is 435 g/mol. The first kappa shape index (κ1) is 23.2. The van der Waals surface area contributed by atoms with E-state index in [1.165, 1.54) is 0 Å². The lowest BCUT2D eigenvalue weighted by atomic mass is 9.99. The normalized spacial score (nSPS) is 15.6. The molecule has 0 unspecified atom stereocenters. The van der Waals surface area contributed by atoms with E-state index in [0.717, 1.165) is 35.4 Å². The molecule has 0 bridgehead atoms. The Hall–Kier alpha value is -3.48. The second kappa shape index (κ2) is 10.7. The molecule has 2 aromatic rings. The van der Waals surface area contributed by atoms with E-state index in [-0.39, 0.29) is 18.2 Å². The molecule has 1 aliphatic heterocycles. The number of carbonyl (C=O) groups is 3. The first-order valence-electron chi connectivity index (χ1n) is 10.9. The van der Waals surface area contributed by atoms with E-state index in [2.05, 4.69) is 5.32 Å². The zero-order valence-electron chi connectivity index (χ0n) is 18.5. The number of amides is 2. The number of hydrogen-bond acceptors (Lipinski definition) is 4. The summed E-state index contributed by atoms with van der Waals surface area (Å²) in [5, 5.41) is 11.6. The van der Waals surface area contributed by atoms with Gasteiger partial charge in [-0.2, -0.15) is 0 Å². The lowest BCUT2D eigenvalue weighted by Gasteiger charge is -2.20. The van der Waals surface area contributed by atoms with Gasteiger partial charge in [-0.1, -0.05) is 43.2 Å². The highest BCUT2D eigenvalue weighted by Gasteiger charge is 2.27. The number of benzodiazepines with no additional fused rings is 1. The van der Waals surface area contributed by atoms with Gasteiger partial charge in [0.1, 0.15) is 6.04 Å². The Bertz CT molecular complexity index is 1020. The van der Waals surface area contributed by atoms with Crippen LogP contribution in [0, 0.1) is 0 Å². The number of aliphatic imine (C=N–C) groups is 1. The number of carboxylic acids is 1. The van der Waals surface area contributed by atoms with Crippen molar-refractivity contribution in [2.45, 2.75) is 51.5 Å². The molecule has 7 nitrogen and oxygen atoms in total. The summed E-state index contributed by atoms with van der Waals surface area (Å²) < 4.78 is 0. The van der Waals surface area contributed by atoms with Crippen LogP contribution in [-0.4, -0.2) is 41.7 Å². The smallest absolute Gasteiger partial charge is 0.303 e. The third-order valence-electron chi connectivity index (χ3n) is 5.50. The minimum absolute atomic E-state index is 0.0862. The summed E-state index contributed by atoms with van der Waals surface area (Å²) in [7, 11) is 1.74. The van der Waals surface area contributed by atoms with E-state index in [9.17, 15) is 14.4 Å². The van der Waals surface area contributed by atoms with Crippen LogP contribution in [0.3, 0.4) is 0 Å². The number of anilines is 2. The minimum Gasteiger partial charge on any atom is -0.481 e. The molecule has 32 heavy (non-hydrogen) atoms. The number of hydrogen-bond donors (Lipinski definition) is 2. The summed E-state index contributed by atoms with van der Waals surface area (Å²) in [4.78, 5) is 42.0. The molecule has 0 aromatic heterocycles. The molecule has 0 aliphatic carbocycles. The molecule has 2 aromatic carbocycles. The number of aliphatic carboxylic acids is 1. The minimum atomic E-state index is -0.786. The van der Waals surface area contributed by atoms with Gasteiger partial charge in [0.05, 0.1) is 11.4 Å². The molecule has 0 fully saturated rings. The Kier molecular flexibility index (Phi) is 7.76. The highest BCUT2D eigenvalue weighted by molar-refractivity contribution is 6.20. The number of likely N-dealkylation sites (N-methyl/N-ethyl adjacent to an activating group) is 1. The van der Waals surface area contributed by atoms with E-state index in [1.807, 2.05) is 42.5 Å². The molecule has 0 saturated carbocycles. The Labute approximate surface area is 188 Å². The van der Waals surface area contributed by atoms with Crippen LogP contribution >= 0.6 is 0 Å². The fourth-order valence-corrected chi connectivity index (χ4v) is 3.78. The number of rotatable bonds is 9. The Balaban J connectivity index is 1.75. The van der Waals surface area contributed by atoms with E-state index < -0.39 is 12.0 Å². The van der Waals surface area contributed by atoms with E-state index in [1.54, 1.807) is 24.9 Å². The van der Waals surface area contributed by atoms with Crippen molar-refractivity contribution in [3.63, 3.8) is 0 Å². The van der Waals surface area contributed by atoms with Crippen LogP contribution in [0.4, 0.5) is 11.4 Å². The van der Waals surface area contributed by atoms with Gasteiger partial charge in [-0.25, -0.2) is 0 Å². The molecule has 0 radical (unpaired) electrons. The van der Waals surface area contributed by atoms with E-state index in [0.29, 0.717) is 24.9 Å². The number of unbranched alkanes of at least 4 members (excludes halogenated alkanes) is 3. The molecular weight excluding hydrogens is 406 g/mol. The molecular formula is C25H29N3O4. The summed E-state index contributed by atoms with van der Waals surface area (Å²) in [6.45, 7) is 1.78. The molecule has 7 heteroatoms. The first-order valence-corrected chi connectivity index (χ1v) is 10.9. The van der Waals surface area contributed by atoms with Crippen molar-refractivity contribution >= 4 is 34.9 Å². The molecule has 1 aliphatic rings. The van der Waals surface area contributed by atoms with Gasteiger partial charge in [-0.05, 0) is 38.0 Å². The number of fused-ring (bicyclic) bond motifs is 1. The Morgan fingerprint density at radius 3 is 2.41 bits per heavy atom. The van der Waals surface area contributed by atoms with Gasteiger partial charge < -0.3 is 15.3 Å². The largest absolute Gasteiger partial charge is 0.481 e. The zero-order chi connectivity index (χ0) is 23.1. The van der Waals surface area contributed by atoms with Crippen molar-refractivity contribution in [2.75, 3.05) is 17.3 Å². The summed E-state index contributed by atoms with van der Waals surface area (Å²) in [6.07, 6.45) is 3.51. The number of nitrogens with one attached hydrogen (secondary N) is 1. The Morgan fingerprint density at radius 2 is 1.72 bits per heavy atom. The van der Waals surface area contributed by atoms with Gasteiger partial charge >= 0.3 is 5.97 Å². The van der Waals surface area contributed by atoms with Gasteiger partial charge in [-0.3, -0.25) is 19.4 Å². The maximum Gasteiger partial charge on any atom is 0.303 e. The molecule has 3 rings (SSSR count). The van der Waals surface area contributed by atoms with Gasteiger partial charge in [0.25, 0.3) is 5.91 Å². The molecule has 2 N–H and O–H groups in total. The summed E-state index contributed by atoms with van der Waals surface area (Å²) in [6, 6.07) is 14.7. The molecule has 1 atom stereocenters.